The highest BCUT2D eigenvalue weighted by atomic mass is 16.5. The maximum atomic E-state index is 9.32. The Balaban J connectivity index is 2.34. The Morgan fingerprint density at radius 2 is 2.53 bits per heavy atom. The second-order valence-corrected chi connectivity index (χ2v) is 3.89. The smallest absolute Gasteiger partial charge is 0.140 e. The van der Waals surface area contributed by atoms with Gasteiger partial charge < -0.3 is 20.5 Å². The van der Waals surface area contributed by atoms with Gasteiger partial charge in [0, 0.05) is 12.7 Å². The number of rotatable bonds is 3. The van der Waals surface area contributed by atoms with Crippen molar-refractivity contribution in [3.63, 3.8) is 0 Å². The van der Waals surface area contributed by atoms with Gasteiger partial charge in [-0.15, -0.1) is 0 Å². The molecule has 6 nitrogen and oxygen atoms in total. The molecule has 17 heavy (non-hydrogen) atoms. The number of pyridine rings is 1. The molecule has 0 aliphatic carbocycles. The number of nitrogens with one attached hydrogen (secondary N) is 1. The number of anilines is 1. The zero-order valence-corrected chi connectivity index (χ0v) is 9.47. The van der Waals surface area contributed by atoms with E-state index in [-0.39, 0.29) is 18.5 Å². The van der Waals surface area contributed by atoms with Crippen LogP contribution in [-0.2, 0) is 4.74 Å². The predicted octanol–water partition coefficient (Wildman–Crippen LogP) is -0.437. The van der Waals surface area contributed by atoms with Crippen LogP contribution in [0.15, 0.2) is 18.3 Å². The first kappa shape index (κ1) is 11.8. The van der Waals surface area contributed by atoms with Gasteiger partial charge in [-0.3, -0.25) is 5.41 Å². The minimum Gasteiger partial charge on any atom is -0.394 e. The molecule has 0 aromatic carbocycles. The first-order chi connectivity index (χ1) is 8.24. The first-order valence-corrected chi connectivity index (χ1v) is 5.48. The Bertz CT molecular complexity index is 410. The van der Waals surface area contributed by atoms with E-state index in [1.54, 1.807) is 18.3 Å². The average molecular weight is 236 g/mol. The van der Waals surface area contributed by atoms with Crippen LogP contribution in [0.2, 0.25) is 0 Å². The highest BCUT2D eigenvalue weighted by Gasteiger charge is 2.25. The molecule has 0 radical (unpaired) electrons. The van der Waals surface area contributed by atoms with Crippen LogP contribution in [0.4, 0.5) is 5.82 Å². The third-order valence-electron chi connectivity index (χ3n) is 2.79. The van der Waals surface area contributed by atoms with E-state index in [2.05, 4.69) is 4.98 Å². The maximum absolute atomic E-state index is 9.32. The van der Waals surface area contributed by atoms with Gasteiger partial charge in [0.05, 0.1) is 31.4 Å². The molecule has 4 N–H and O–H groups in total. The monoisotopic (exact) mass is 236 g/mol. The van der Waals surface area contributed by atoms with Crippen molar-refractivity contribution in [2.45, 2.75) is 6.04 Å². The summed E-state index contributed by atoms with van der Waals surface area (Å²) in [7, 11) is 0. The van der Waals surface area contributed by atoms with E-state index in [1.165, 1.54) is 0 Å². The van der Waals surface area contributed by atoms with Crippen LogP contribution in [0, 0.1) is 5.41 Å². The zero-order chi connectivity index (χ0) is 12.3. The Kier molecular flexibility index (Phi) is 3.55. The van der Waals surface area contributed by atoms with E-state index in [1.807, 2.05) is 4.90 Å². The predicted molar refractivity (Wildman–Crippen MR) is 64.3 cm³/mol. The molecule has 0 spiro atoms. The lowest BCUT2D eigenvalue weighted by molar-refractivity contribution is 0.0722. The Morgan fingerprint density at radius 3 is 3.24 bits per heavy atom. The van der Waals surface area contributed by atoms with E-state index in [9.17, 15) is 5.11 Å². The fourth-order valence-corrected chi connectivity index (χ4v) is 1.92. The van der Waals surface area contributed by atoms with E-state index >= 15 is 0 Å². The minimum absolute atomic E-state index is 0.00603. The SMILES string of the molecule is N=C(N)c1cccnc1N1CCOCC1CO. The lowest BCUT2D eigenvalue weighted by atomic mass is 10.1. The third-order valence-corrected chi connectivity index (χ3v) is 2.79. The second kappa shape index (κ2) is 5.11. The van der Waals surface area contributed by atoms with E-state index in [0.717, 1.165) is 0 Å². The van der Waals surface area contributed by atoms with Gasteiger partial charge in [0.25, 0.3) is 0 Å². The largest absolute Gasteiger partial charge is 0.394 e. The molecule has 1 unspecified atom stereocenters. The number of nitrogens with zero attached hydrogens (tertiary/aromatic N) is 2. The number of aliphatic hydroxyl groups is 1. The van der Waals surface area contributed by atoms with Crippen molar-refractivity contribution in [2.24, 2.45) is 5.73 Å². The number of hydrogen-bond acceptors (Lipinski definition) is 5. The normalized spacial score (nSPS) is 20.3. The number of morpholine rings is 1. The second-order valence-electron chi connectivity index (χ2n) is 3.89. The summed E-state index contributed by atoms with van der Waals surface area (Å²) in [5, 5.41) is 16.9. The van der Waals surface area contributed by atoms with Crippen molar-refractivity contribution < 1.29 is 9.84 Å². The summed E-state index contributed by atoms with van der Waals surface area (Å²) in [5.41, 5.74) is 6.12. The topological polar surface area (TPSA) is 95.5 Å². The van der Waals surface area contributed by atoms with Gasteiger partial charge in [0.2, 0.25) is 0 Å². The van der Waals surface area contributed by atoms with Crippen molar-refractivity contribution in [3.8, 4) is 0 Å². The minimum atomic E-state index is -0.128. The molecule has 1 aliphatic rings. The van der Waals surface area contributed by atoms with Crippen molar-refractivity contribution in [3.05, 3.63) is 23.9 Å². The van der Waals surface area contributed by atoms with Gasteiger partial charge in [0.15, 0.2) is 0 Å². The molecule has 0 bridgehead atoms. The summed E-state index contributed by atoms with van der Waals surface area (Å²) >= 11 is 0. The van der Waals surface area contributed by atoms with E-state index < -0.39 is 0 Å². The van der Waals surface area contributed by atoms with Crippen molar-refractivity contribution in [1.82, 2.24) is 4.98 Å². The van der Waals surface area contributed by atoms with Gasteiger partial charge in [-0.2, -0.15) is 0 Å². The molecule has 0 saturated carbocycles. The summed E-state index contributed by atoms with van der Waals surface area (Å²) in [5.74, 6) is 0.624. The molecule has 1 aliphatic heterocycles. The van der Waals surface area contributed by atoms with Gasteiger partial charge in [-0.25, -0.2) is 4.98 Å². The molecule has 0 amide bonds. The van der Waals surface area contributed by atoms with Crippen LogP contribution in [-0.4, -0.2) is 48.3 Å². The first-order valence-electron chi connectivity index (χ1n) is 5.48. The Hall–Kier alpha value is -1.66. The number of aliphatic hydroxyl groups excluding tert-OH is 1. The standard InChI is InChI=1S/C11H16N4O2/c12-10(13)9-2-1-3-14-11(9)15-4-5-17-7-8(15)6-16/h1-3,8,16H,4-7H2,(H3,12,13). The molecular weight excluding hydrogens is 220 g/mol. The average Bonchev–Trinajstić information content (AvgIpc) is 2.38. The molecule has 1 aromatic heterocycles. The van der Waals surface area contributed by atoms with E-state index in [0.29, 0.717) is 31.1 Å². The number of amidine groups is 1. The fourth-order valence-electron chi connectivity index (χ4n) is 1.92. The number of nitrogens with two attached hydrogens (primary N) is 1. The summed E-state index contributed by atoms with van der Waals surface area (Å²) in [6.45, 7) is 1.69. The Labute approximate surface area is 99.5 Å². The summed E-state index contributed by atoms with van der Waals surface area (Å²) < 4.78 is 5.31. The van der Waals surface area contributed by atoms with Gasteiger partial charge in [-0.1, -0.05) is 0 Å². The van der Waals surface area contributed by atoms with Gasteiger partial charge in [-0.05, 0) is 12.1 Å². The zero-order valence-electron chi connectivity index (χ0n) is 9.47. The van der Waals surface area contributed by atoms with Crippen molar-refractivity contribution in [2.75, 3.05) is 31.3 Å². The van der Waals surface area contributed by atoms with Crippen LogP contribution in [0.25, 0.3) is 0 Å². The summed E-state index contributed by atoms with van der Waals surface area (Å²) in [6.07, 6.45) is 1.66. The number of hydrogen-bond donors (Lipinski definition) is 3. The van der Waals surface area contributed by atoms with Crippen molar-refractivity contribution >= 4 is 11.7 Å². The third kappa shape index (κ3) is 2.37. The summed E-state index contributed by atoms with van der Waals surface area (Å²) in [4.78, 5) is 6.20. The molecule has 92 valence electrons. The van der Waals surface area contributed by atoms with Crippen LogP contribution in [0.1, 0.15) is 5.56 Å². The molecule has 2 rings (SSSR count). The van der Waals surface area contributed by atoms with Crippen LogP contribution >= 0.6 is 0 Å². The van der Waals surface area contributed by atoms with Crippen LogP contribution < -0.4 is 10.6 Å². The molecule has 2 heterocycles. The lowest BCUT2D eigenvalue weighted by Gasteiger charge is -2.36. The summed E-state index contributed by atoms with van der Waals surface area (Å²) in [6, 6.07) is 3.38. The molecule has 6 heteroatoms. The highest BCUT2D eigenvalue weighted by molar-refractivity contribution is 5.99. The van der Waals surface area contributed by atoms with Gasteiger partial charge >= 0.3 is 0 Å². The number of nitrogen functional groups attached to an aromatic ring is 1. The quantitative estimate of drug-likeness (QED) is 0.488. The highest BCUT2D eigenvalue weighted by Crippen LogP contribution is 2.21. The molecule has 1 atom stereocenters. The fraction of sp³-hybridized carbons (Fsp3) is 0.455. The Morgan fingerprint density at radius 1 is 1.71 bits per heavy atom. The molecule has 1 saturated heterocycles. The van der Waals surface area contributed by atoms with Crippen LogP contribution in [0.3, 0.4) is 0 Å². The molecule has 1 fully saturated rings. The van der Waals surface area contributed by atoms with Gasteiger partial charge in [0.1, 0.15) is 11.7 Å². The van der Waals surface area contributed by atoms with Crippen molar-refractivity contribution in [1.29, 1.82) is 5.41 Å². The number of aromatic nitrogens is 1. The maximum Gasteiger partial charge on any atom is 0.140 e. The van der Waals surface area contributed by atoms with Crippen LogP contribution in [0.5, 0.6) is 0 Å². The van der Waals surface area contributed by atoms with E-state index in [4.69, 9.17) is 15.9 Å². The molecular formula is C11H16N4O2. The lowest BCUT2D eigenvalue weighted by Crippen LogP contribution is -2.48. The molecule has 1 aromatic rings. The number of ether oxygens (including phenoxy) is 1.